The average Bonchev–Trinajstić information content (AvgIpc) is 2.89. The number of phenols is 1. The molecule has 0 atom stereocenters. The lowest BCUT2D eigenvalue weighted by Crippen LogP contribution is -2.24. The first-order valence-electron chi connectivity index (χ1n) is 10.9. The van der Waals surface area contributed by atoms with Gasteiger partial charge in [-0.05, 0) is 65.7 Å². The van der Waals surface area contributed by atoms with Gasteiger partial charge in [-0.1, -0.05) is 24.3 Å². The third-order valence-electron chi connectivity index (χ3n) is 5.15. The van der Waals surface area contributed by atoms with Crippen LogP contribution < -0.4 is 15.4 Å². The Morgan fingerprint density at radius 2 is 1.36 bits per heavy atom. The van der Waals surface area contributed by atoms with Gasteiger partial charge in [0.2, 0.25) is 5.88 Å². The number of aromatic hydroxyl groups is 1. The average molecular weight is 489 g/mol. The Balaban J connectivity index is 1.34. The van der Waals surface area contributed by atoms with Crippen molar-refractivity contribution in [2.45, 2.75) is 13.1 Å². The van der Waals surface area contributed by atoms with Crippen molar-refractivity contribution in [2.24, 2.45) is 0 Å². The van der Waals surface area contributed by atoms with Crippen LogP contribution in [0.2, 0.25) is 0 Å². The van der Waals surface area contributed by atoms with Crippen LogP contribution >= 0.6 is 0 Å². The maximum absolute atomic E-state index is 13.8. The van der Waals surface area contributed by atoms with Gasteiger partial charge >= 0.3 is 0 Å². The third kappa shape index (κ3) is 6.41. The van der Waals surface area contributed by atoms with Crippen molar-refractivity contribution in [1.29, 1.82) is 0 Å². The number of nitrogens with zero attached hydrogens (tertiary/aromatic N) is 1. The topological polar surface area (TPSA) is 101 Å². The van der Waals surface area contributed by atoms with E-state index < -0.39 is 17.5 Å². The molecule has 9 heteroatoms. The van der Waals surface area contributed by atoms with E-state index in [1.165, 1.54) is 48.5 Å². The molecule has 0 saturated heterocycles. The van der Waals surface area contributed by atoms with Crippen LogP contribution in [-0.2, 0) is 13.1 Å². The minimum absolute atomic E-state index is 0.0829. The second-order valence-corrected chi connectivity index (χ2v) is 7.79. The zero-order valence-electron chi connectivity index (χ0n) is 18.9. The molecule has 1 aromatic heterocycles. The number of nitrogens with one attached hydrogen (secondary N) is 2. The Morgan fingerprint density at radius 1 is 0.778 bits per heavy atom. The van der Waals surface area contributed by atoms with Crippen LogP contribution in [0, 0.1) is 11.6 Å². The van der Waals surface area contributed by atoms with E-state index in [0.717, 1.165) is 23.4 Å². The fourth-order valence-corrected chi connectivity index (χ4v) is 3.23. The standard InChI is InChI=1S/C27H21F2N3O4/c28-20-7-11-23(12-8-20)36-27-24(13-21(29)16-32-27)26(35)31-15-18-3-1-17(2-4-18)14-30-25(34)19-5-9-22(33)10-6-19/h1-13,16,33H,14-15H2,(H,30,34)(H,31,35). The normalized spacial score (nSPS) is 10.5. The molecular weight excluding hydrogens is 468 g/mol. The quantitative estimate of drug-likeness (QED) is 0.333. The summed E-state index contributed by atoms with van der Waals surface area (Å²) in [7, 11) is 0. The second kappa shape index (κ2) is 11.1. The summed E-state index contributed by atoms with van der Waals surface area (Å²) in [5.41, 5.74) is 1.96. The number of carbonyl (C=O) groups is 2. The summed E-state index contributed by atoms with van der Waals surface area (Å²) in [6.45, 7) is 0.455. The largest absolute Gasteiger partial charge is 0.508 e. The number of ether oxygens (including phenoxy) is 1. The number of pyridine rings is 1. The molecule has 3 N–H and O–H groups in total. The van der Waals surface area contributed by atoms with E-state index in [0.29, 0.717) is 12.1 Å². The van der Waals surface area contributed by atoms with Crippen molar-refractivity contribution in [3.05, 3.63) is 119 Å². The molecule has 36 heavy (non-hydrogen) atoms. The maximum atomic E-state index is 13.8. The summed E-state index contributed by atoms with van der Waals surface area (Å²) >= 11 is 0. The molecule has 0 radical (unpaired) electrons. The molecule has 0 saturated carbocycles. The van der Waals surface area contributed by atoms with Crippen molar-refractivity contribution in [2.75, 3.05) is 0 Å². The number of aromatic nitrogens is 1. The first-order valence-corrected chi connectivity index (χ1v) is 10.9. The number of hydrogen-bond donors (Lipinski definition) is 3. The molecule has 0 bridgehead atoms. The van der Waals surface area contributed by atoms with Crippen molar-refractivity contribution < 1.29 is 28.2 Å². The van der Waals surface area contributed by atoms with E-state index in [9.17, 15) is 23.5 Å². The number of amides is 2. The molecular formula is C27H21F2N3O4. The van der Waals surface area contributed by atoms with Crippen LogP contribution in [0.3, 0.4) is 0 Å². The highest BCUT2D eigenvalue weighted by molar-refractivity contribution is 5.96. The summed E-state index contributed by atoms with van der Waals surface area (Å²) in [5, 5.41) is 14.8. The van der Waals surface area contributed by atoms with E-state index in [-0.39, 0.29) is 35.4 Å². The van der Waals surface area contributed by atoms with Crippen LogP contribution in [-0.4, -0.2) is 21.9 Å². The monoisotopic (exact) mass is 489 g/mol. The van der Waals surface area contributed by atoms with Gasteiger partial charge < -0.3 is 20.5 Å². The molecule has 0 aliphatic carbocycles. The molecule has 0 aliphatic rings. The summed E-state index contributed by atoms with van der Waals surface area (Å²) in [5.74, 6) is -1.79. The lowest BCUT2D eigenvalue weighted by Gasteiger charge is -2.11. The van der Waals surface area contributed by atoms with Crippen LogP contribution in [0.1, 0.15) is 31.8 Å². The highest BCUT2D eigenvalue weighted by Crippen LogP contribution is 2.24. The van der Waals surface area contributed by atoms with E-state index in [4.69, 9.17) is 4.74 Å². The first-order chi connectivity index (χ1) is 17.4. The van der Waals surface area contributed by atoms with Gasteiger partial charge in [-0.25, -0.2) is 13.8 Å². The Morgan fingerprint density at radius 3 is 1.97 bits per heavy atom. The van der Waals surface area contributed by atoms with Crippen molar-refractivity contribution >= 4 is 11.8 Å². The molecule has 4 aromatic rings. The minimum atomic E-state index is -0.703. The molecule has 3 aromatic carbocycles. The van der Waals surface area contributed by atoms with Gasteiger partial charge in [0.15, 0.2) is 0 Å². The van der Waals surface area contributed by atoms with E-state index in [1.54, 1.807) is 12.1 Å². The summed E-state index contributed by atoms with van der Waals surface area (Å²) in [6.07, 6.45) is 0.925. The van der Waals surface area contributed by atoms with Gasteiger partial charge in [0.1, 0.15) is 28.7 Å². The van der Waals surface area contributed by atoms with Gasteiger partial charge in [-0.3, -0.25) is 9.59 Å². The van der Waals surface area contributed by atoms with Gasteiger partial charge in [0.05, 0.1) is 6.20 Å². The second-order valence-electron chi connectivity index (χ2n) is 7.79. The van der Waals surface area contributed by atoms with E-state index in [2.05, 4.69) is 15.6 Å². The highest BCUT2D eigenvalue weighted by atomic mass is 19.1. The molecule has 7 nitrogen and oxygen atoms in total. The molecule has 0 unspecified atom stereocenters. The predicted molar refractivity (Wildman–Crippen MR) is 128 cm³/mol. The fraction of sp³-hybridized carbons (Fsp3) is 0.0741. The summed E-state index contributed by atoms with van der Waals surface area (Å²) in [4.78, 5) is 28.8. The predicted octanol–water partition coefficient (Wildman–Crippen LogP) is 4.72. The zero-order chi connectivity index (χ0) is 25.5. The van der Waals surface area contributed by atoms with Crippen LogP contribution in [0.25, 0.3) is 0 Å². The number of phenolic OH excluding ortho intramolecular Hbond substituents is 1. The van der Waals surface area contributed by atoms with E-state index >= 15 is 0 Å². The SMILES string of the molecule is O=C(NCc1ccc(CNC(=O)c2cc(F)cnc2Oc2ccc(F)cc2)cc1)c1ccc(O)cc1. The minimum Gasteiger partial charge on any atom is -0.508 e. The third-order valence-corrected chi connectivity index (χ3v) is 5.15. The summed E-state index contributed by atoms with van der Waals surface area (Å²) in [6, 6.07) is 19.3. The Hall–Kier alpha value is -4.79. The van der Waals surface area contributed by atoms with E-state index in [1.807, 2.05) is 12.1 Å². The number of carbonyl (C=O) groups excluding carboxylic acids is 2. The first kappa shape index (κ1) is 24.3. The molecule has 0 aliphatic heterocycles. The van der Waals surface area contributed by atoms with Gasteiger partial charge in [-0.15, -0.1) is 0 Å². The molecule has 4 rings (SSSR count). The fourth-order valence-electron chi connectivity index (χ4n) is 3.23. The number of hydrogen-bond acceptors (Lipinski definition) is 5. The number of rotatable bonds is 8. The van der Waals surface area contributed by atoms with Crippen LogP contribution in [0.4, 0.5) is 8.78 Å². The molecule has 182 valence electrons. The highest BCUT2D eigenvalue weighted by Gasteiger charge is 2.16. The Kier molecular flexibility index (Phi) is 7.50. The molecule has 0 spiro atoms. The lowest BCUT2D eigenvalue weighted by atomic mass is 10.1. The van der Waals surface area contributed by atoms with Crippen LogP contribution in [0.5, 0.6) is 17.4 Å². The van der Waals surface area contributed by atoms with Gasteiger partial charge in [0.25, 0.3) is 11.8 Å². The molecule has 2 amide bonds. The van der Waals surface area contributed by atoms with Gasteiger partial charge in [-0.2, -0.15) is 0 Å². The Labute approximate surface area is 205 Å². The molecule has 1 heterocycles. The number of halogens is 2. The van der Waals surface area contributed by atoms with Crippen molar-refractivity contribution in [3.8, 4) is 17.4 Å². The zero-order valence-corrected chi connectivity index (χ0v) is 18.9. The Bertz CT molecular complexity index is 1360. The van der Waals surface area contributed by atoms with Crippen molar-refractivity contribution in [1.82, 2.24) is 15.6 Å². The van der Waals surface area contributed by atoms with Gasteiger partial charge in [0, 0.05) is 18.7 Å². The van der Waals surface area contributed by atoms with Crippen LogP contribution in [0.15, 0.2) is 85.1 Å². The van der Waals surface area contributed by atoms with Crippen molar-refractivity contribution in [3.63, 3.8) is 0 Å². The smallest absolute Gasteiger partial charge is 0.257 e. The lowest BCUT2D eigenvalue weighted by molar-refractivity contribution is 0.0940. The number of benzene rings is 3. The summed E-state index contributed by atoms with van der Waals surface area (Å²) < 4.78 is 32.4. The molecule has 0 fully saturated rings. The maximum Gasteiger partial charge on any atom is 0.257 e.